The van der Waals surface area contributed by atoms with E-state index in [1.54, 1.807) is 41.3 Å². The van der Waals surface area contributed by atoms with Crippen LogP contribution in [0.2, 0.25) is 0 Å². The highest BCUT2D eigenvalue weighted by Crippen LogP contribution is 2.17. The molecule has 0 bridgehead atoms. The molecule has 27 heavy (non-hydrogen) atoms. The minimum atomic E-state index is -0.337. The Balaban J connectivity index is 1.70. The van der Waals surface area contributed by atoms with Gasteiger partial charge in [0.15, 0.2) is 5.76 Å². The predicted molar refractivity (Wildman–Crippen MR) is 102 cm³/mol. The van der Waals surface area contributed by atoms with Gasteiger partial charge in [-0.25, -0.2) is 0 Å². The predicted octanol–water partition coefficient (Wildman–Crippen LogP) is 4.48. The van der Waals surface area contributed by atoms with Gasteiger partial charge < -0.3 is 19.1 Å². The van der Waals surface area contributed by atoms with Gasteiger partial charge in [-0.05, 0) is 69.3 Å². The van der Waals surface area contributed by atoms with Crippen LogP contribution < -0.4 is 5.32 Å². The second-order valence-electron chi connectivity index (χ2n) is 6.55. The van der Waals surface area contributed by atoms with Crippen LogP contribution in [-0.4, -0.2) is 22.8 Å². The van der Waals surface area contributed by atoms with Crippen LogP contribution in [0.5, 0.6) is 0 Å². The molecule has 0 spiro atoms. The minimum absolute atomic E-state index is 0.0150. The number of amides is 2. The number of furan rings is 2. The van der Waals surface area contributed by atoms with Crippen LogP contribution in [0.3, 0.4) is 0 Å². The molecule has 2 heterocycles. The Morgan fingerprint density at radius 2 is 1.81 bits per heavy atom. The van der Waals surface area contributed by atoms with Crippen molar-refractivity contribution in [1.29, 1.82) is 0 Å². The highest BCUT2D eigenvalue weighted by Gasteiger charge is 2.20. The first-order chi connectivity index (χ1) is 12.9. The molecule has 0 saturated heterocycles. The number of anilines is 1. The van der Waals surface area contributed by atoms with E-state index in [1.165, 1.54) is 6.26 Å². The summed E-state index contributed by atoms with van der Waals surface area (Å²) in [5, 5.41) is 2.73. The molecule has 6 heteroatoms. The third kappa shape index (κ3) is 4.47. The lowest BCUT2D eigenvalue weighted by atomic mass is 10.1. The van der Waals surface area contributed by atoms with Crippen molar-refractivity contribution in [2.75, 3.05) is 5.32 Å². The van der Waals surface area contributed by atoms with Crippen LogP contribution in [0.1, 0.15) is 46.3 Å². The van der Waals surface area contributed by atoms with Crippen LogP contribution in [0.15, 0.2) is 63.6 Å². The second-order valence-corrected chi connectivity index (χ2v) is 6.55. The fourth-order valence-electron chi connectivity index (χ4n) is 2.69. The first-order valence-electron chi connectivity index (χ1n) is 8.75. The second kappa shape index (κ2) is 7.95. The van der Waals surface area contributed by atoms with Crippen molar-refractivity contribution in [2.45, 2.75) is 33.4 Å². The molecular weight excluding hydrogens is 344 g/mol. The average Bonchev–Trinajstić information content (AvgIpc) is 3.31. The third-order valence-corrected chi connectivity index (χ3v) is 4.14. The van der Waals surface area contributed by atoms with Crippen molar-refractivity contribution in [3.8, 4) is 0 Å². The molecule has 0 atom stereocenters. The lowest BCUT2D eigenvalue weighted by molar-refractivity contribution is 0.0675. The van der Waals surface area contributed by atoms with Gasteiger partial charge in [0.1, 0.15) is 11.5 Å². The van der Waals surface area contributed by atoms with Gasteiger partial charge in [0.05, 0.1) is 12.8 Å². The number of aryl methyl sites for hydroxylation is 1. The fourth-order valence-corrected chi connectivity index (χ4v) is 2.69. The maximum absolute atomic E-state index is 12.9. The Morgan fingerprint density at radius 1 is 1.07 bits per heavy atom. The van der Waals surface area contributed by atoms with Crippen molar-refractivity contribution < 1.29 is 18.4 Å². The zero-order chi connectivity index (χ0) is 19.4. The van der Waals surface area contributed by atoms with Gasteiger partial charge in [0.2, 0.25) is 0 Å². The largest absolute Gasteiger partial charge is 0.464 e. The molecule has 6 nitrogen and oxygen atoms in total. The molecule has 0 fully saturated rings. The Labute approximate surface area is 157 Å². The van der Waals surface area contributed by atoms with Gasteiger partial charge in [-0.2, -0.15) is 0 Å². The lowest BCUT2D eigenvalue weighted by Crippen LogP contribution is -2.36. The van der Waals surface area contributed by atoms with E-state index in [0.717, 1.165) is 11.5 Å². The molecule has 140 valence electrons. The molecule has 1 N–H and O–H groups in total. The van der Waals surface area contributed by atoms with E-state index >= 15 is 0 Å². The molecule has 3 aromatic rings. The average molecular weight is 366 g/mol. The molecule has 0 aliphatic rings. The van der Waals surface area contributed by atoms with E-state index in [4.69, 9.17) is 8.83 Å². The molecule has 0 aliphatic heterocycles. The number of carbonyl (C=O) groups is 2. The first kappa shape index (κ1) is 18.5. The molecule has 0 radical (unpaired) electrons. The molecule has 2 aromatic heterocycles. The Bertz CT molecular complexity index is 908. The number of nitrogens with zero attached hydrogens (tertiary/aromatic N) is 1. The summed E-state index contributed by atoms with van der Waals surface area (Å²) in [4.78, 5) is 26.7. The number of carbonyl (C=O) groups excluding carboxylic acids is 2. The van der Waals surface area contributed by atoms with Crippen molar-refractivity contribution in [2.24, 2.45) is 0 Å². The molecular formula is C21H22N2O4. The number of hydrogen-bond acceptors (Lipinski definition) is 4. The summed E-state index contributed by atoms with van der Waals surface area (Å²) in [5.41, 5.74) is 1.13. The van der Waals surface area contributed by atoms with Crippen molar-refractivity contribution in [3.05, 3.63) is 77.6 Å². The highest BCUT2D eigenvalue weighted by molar-refractivity contribution is 6.02. The van der Waals surface area contributed by atoms with E-state index in [2.05, 4.69) is 5.32 Å². The molecule has 2 amide bonds. The quantitative estimate of drug-likeness (QED) is 0.698. The Hall–Kier alpha value is -3.28. The van der Waals surface area contributed by atoms with E-state index in [0.29, 0.717) is 17.8 Å². The van der Waals surface area contributed by atoms with Crippen LogP contribution in [0.25, 0.3) is 0 Å². The number of nitrogens with one attached hydrogen (secondary N) is 1. The molecule has 0 unspecified atom stereocenters. The summed E-state index contributed by atoms with van der Waals surface area (Å²) in [6.07, 6.45) is 1.44. The van der Waals surface area contributed by atoms with Crippen molar-refractivity contribution in [1.82, 2.24) is 4.90 Å². The molecule has 1 aromatic carbocycles. The van der Waals surface area contributed by atoms with Gasteiger partial charge >= 0.3 is 0 Å². The zero-order valence-corrected chi connectivity index (χ0v) is 15.6. The summed E-state index contributed by atoms with van der Waals surface area (Å²) >= 11 is 0. The smallest absolute Gasteiger partial charge is 0.291 e. The van der Waals surface area contributed by atoms with Crippen LogP contribution >= 0.6 is 0 Å². The van der Waals surface area contributed by atoms with E-state index in [9.17, 15) is 9.59 Å². The van der Waals surface area contributed by atoms with Gasteiger partial charge in [0, 0.05) is 17.3 Å². The van der Waals surface area contributed by atoms with E-state index in [1.807, 2.05) is 32.9 Å². The SMILES string of the molecule is Cc1ccc(CN(C(=O)c2ccc(NC(=O)c3ccco3)cc2)C(C)C)o1. The van der Waals surface area contributed by atoms with E-state index < -0.39 is 0 Å². The highest BCUT2D eigenvalue weighted by atomic mass is 16.3. The maximum atomic E-state index is 12.9. The zero-order valence-electron chi connectivity index (χ0n) is 15.6. The summed E-state index contributed by atoms with van der Waals surface area (Å²) in [6.45, 7) is 6.21. The molecule has 3 rings (SSSR count). The Kier molecular flexibility index (Phi) is 5.45. The summed E-state index contributed by atoms with van der Waals surface area (Å²) in [7, 11) is 0. The van der Waals surface area contributed by atoms with Crippen LogP contribution in [-0.2, 0) is 6.54 Å². The topological polar surface area (TPSA) is 75.7 Å². The van der Waals surface area contributed by atoms with Crippen molar-refractivity contribution in [3.63, 3.8) is 0 Å². The lowest BCUT2D eigenvalue weighted by Gasteiger charge is -2.26. The van der Waals surface area contributed by atoms with E-state index in [-0.39, 0.29) is 23.6 Å². The van der Waals surface area contributed by atoms with Gasteiger partial charge in [0.25, 0.3) is 11.8 Å². The molecule has 0 aliphatic carbocycles. The molecule has 0 saturated carbocycles. The number of rotatable bonds is 6. The van der Waals surface area contributed by atoms with Crippen LogP contribution in [0.4, 0.5) is 5.69 Å². The van der Waals surface area contributed by atoms with Crippen LogP contribution in [0, 0.1) is 6.92 Å². The first-order valence-corrected chi connectivity index (χ1v) is 8.75. The summed E-state index contributed by atoms with van der Waals surface area (Å²) in [5.74, 6) is 1.36. The summed E-state index contributed by atoms with van der Waals surface area (Å²) < 4.78 is 10.7. The van der Waals surface area contributed by atoms with Gasteiger partial charge in [-0.3, -0.25) is 9.59 Å². The van der Waals surface area contributed by atoms with Gasteiger partial charge in [-0.1, -0.05) is 0 Å². The summed E-state index contributed by atoms with van der Waals surface area (Å²) in [6, 6.07) is 13.8. The standard InChI is InChI=1S/C21H22N2O4/c1-14(2)23(13-18-11-6-15(3)27-18)21(25)16-7-9-17(10-8-16)22-20(24)19-5-4-12-26-19/h4-12,14H,13H2,1-3H3,(H,22,24). The normalized spacial score (nSPS) is 10.8. The Morgan fingerprint density at radius 3 is 2.37 bits per heavy atom. The third-order valence-electron chi connectivity index (χ3n) is 4.14. The maximum Gasteiger partial charge on any atom is 0.291 e. The van der Waals surface area contributed by atoms with Gasteiger partial charge in [-0.15, -0.1) is 0 Å². The minimum Gasteiger partial charge on any atom is -0.464 e. The number of benzene rings is 1. The number of hydrogen-bond donors (Lipinski definition) is 1. The fraction of sp³-hybridized carbons (Fsp3) is 0.238. The monoisotopic (exact) mass is 366 g/mol. The van der Waals surface area contributed by atoms with Crippen molar-refractivity contribution >= 4 is 17.5 Å².